The summed E-state index contributed by atoms with van der Waals surface area (Å²) >= 11 is 5.50. The number of phenols is 2. The Morgan fingerprint density at radius 1 is 0.653 bits per heavy atom. The summed E-state index contributed by atoms with van der Waals surface area (Å²) in [6, 6.07) is 12.4. The van der Waals surface area contributed by atoms with Crippen molar-refractivity contribution in [1.82, 2.24) is 35.6 Å². The molecule has 2 fully saturated rings. The first-order valence-corrected chi connectivity index (χ1v) is 33.7. The number of para-hydroxylation sites is 1. The van der Waals surface area contributed by atoms with E-state index in [0.717, 1.165) is 33.5 Å². The summed E-state index contributed by atoms with van der Waals surface area (Å²) in [6.45, 7) is 17.8. The highest BCUT2D eigenvalue weighted by Gasteiger charge is 2.59. The topological polar surface area (TPSA) is 336 Å². The van der Waals surface area contributed by atoms with Crippen LogP contribution in [0.2, 0.25) is 0 Å². The number of amides is 2. The first kappa shape index (κ1) is 70.8. The first-order valence-electron chi connectivity index (χ1n) is 33.3. The van der Waals surface area contributed by atoms with Gasteiger partial charge in [0.05, 0.1) is 56.6 Å². The fourth-order valence-corrected chi connectivity index (χ4v) is 16.8. The largest absolute Gasteiger partial charge is 0.514 e. The second kappa shape index (κ2) is 28.9. The number of phenolic OH excluding ortho intramolecular Hbond substituents is 2. The van der Waals surface area contributed by atoms with Gasteiger partial charge in [-0.05, 0) is 128 Å². The summed E-state index contributed by atoms with van der Waals surface area (Å²) in [5.41, 5.74) is 15.3. The van der Waals surface area contributed by atoms with Crippen molar-refractivity contribution in [2.24, 2.45) is 5.73 Å². The predicted molar refractivity (Wildman–Crippen MR) is 372 cm³/mol. The average molecular weight is 1400 g/mol. The SMILES string of the molecule is C=CCOC(=O)Oc1c(C)c2c(c3c1CC1[C@H]4c5c(cc(C)c(OC)c5O)C[C@@H]([C@H](C#N)N1[C@H]3CNC(=O)[C@@H](C)NC(=S)Nc1ccccc1)N4C)OCO2.C=CCOC(=O)Oc1c(C)c2c(c3c1CC1[C@H]4c5c(cc(C)c(OC)c5O)C[C@@H]([C@H](C#N)N1[C@H]3CNC(=O)[C@H](C)N)N4C)OCO2. The highest BCUT2D eigenvalue weighted by molar-refractivity contribution is 7.80. The van der Waals surface area contributed by atoms with E-state index in [2.05, 4.69) is 66.2 Å². The van der Waals surface area contributed by atoms with Gasteiger partial charge in [-0.3, -0.25) is 29.2 Å². The molecule has 0 aromatic heterocycles. The van der Waals surface area contributed by atoms with Crippen LogP contribution in [0.3, 0.4) is 0 Å². The molecule has 12 atom stereocenters. The third kappa shape index (κ3) is 12.5. The Labute approximate surface area is 590 Å². The molecule has 4 bridgehead atoms. The fourth-order valence-electron chi connectivity index (χ4n) is 16.5. The number of aryl methyl sites for hydroxylation is 2. The van der Waals surface area contributed by atoms with Crippen LogP contribution in [0.1, 0.15) is 105 Å². The van der Waals surface area contributed by atoms with E-state index < -0.39 is 66.7 Å². The van der Waals surface area contributed by atoms with Gasteiger partial charge in [0, 0.05) is 87.5 Å². The number of nitrogens with one attached hydrogen (secondary N) is 4. The lowest BCUT2D eigenvalue weighted by atomic mass is 9.71. The van der Waals surface area contributed by atoms with Crippen molar-refractivity contribution in [3.05, 3.63) is 135 Å². The lowest BCUT2D eigenvalue weighted by Gasteiger charge is -2.60. The second-order valence-corrected chi connectivity index (χ2v) is 26.8. The molecule has 8 heterocycles. The minimum atomic E-state index is -0.923. The van der Waals surface area contributed by atoms with Crippen LogP contribution in [-0.4, -0.2) is 176 Å². The van der Waals surface area contributed by atoms with Gasteiger partial charge < -0.3 is 84.6 Å². The number of fused-ring (bicyclic) bond motifs is 18. The van der Waals surface area contributed by atoms with Crippen LogP contribution in [0.15, 0.2) is 67.8 Å². The molecule has 5 aromatic rings. The molecule has 0 saturated carbocycles. The Hall–Kier alpha value is -10.1. The predicted octanol–water partition coefficient (Wildman–Crippen LogP) is 7.39. The molecule has 13 rings (SSSR count). The number of benzene rings is 5. The zero-order valence-corrected chi connectivity index (χ0v) is 58.7. The van der Waals surface area contributed by atoms with Gasteiger partial charge in [0.1, 0.15) is 42.8 Å². The Kier molecular flexibility index (Phi) is 20.2. The number of carbonyl (C=O) groups excluding carboxylic acids is 4. The number of hydrogen-bond donors (Lipinski definition) is 7. The molecule has 0 aliphatic carbocycles. The number of hydrogen-bond acceptors (Lipinski definition) is 24. The Bertz CT molecular complexity index is 4270. The standard InChI is InChI=1S/C40H44N6O8S.C33H39N5O8/c1-7-13-51-40(49)54-35-21(3)36-37(53-19-52-36)31-25(35)16-27-32-30-23(14-20(2)34(50-6)33(30)47)15-26(45(32)5)28(17-41)46(27)29(31)18-42-38(48)22(4)43-39(55)44-24-11-9-8-10-12-24;1-7-8-43-33(41)46-29-16(3)30-31(45-14-44-30)25-19(29)11-21-26-24-18(9-15(2)28(42-6)27(24)39)10-20(37(26)5)22(12-34)38(21)23(25)13-36-32(40)17(4)35/h7-12,14,22,26-29,32,47H,1,13,15-16,18-19H2,2-6H3,(H,42,48)(H2,43,44,55);7,9,17,20-23,26,39H,1,8,10-11,13-14,35H2,2-6H3,(H,36,40)/t22-,26+,27?,28+,29+,32+;17-,20-,21?,22-,23-,26-/m10/s1. The number of nitrogens with zero attached hydrogens (tertiary/aromatic N) is 6. The van der Waals surface area contributed by atoms with E-state index in [9.17, 15) is 39.9 Å². The molecule has 5 aromatic carbocycles. The number of likely N-dealkylation sites (N-methyl/N-ethyl adjacent to an activating group) is 2. The molecule has 8 aliphatic rings. The monoisotopic (exact) mass is 1400 g/mol. The lowest BCUT2D eigenvalue weighted by Crippen LogP contribution is -2.69. The van der Waals surface area contributed by atoms with Crippen LogP contribution in [-0.2, 0) is 44.7 Å². The van der Waals surface area contributed by atoms with E-state index in [1.165, 1.54) is 26.4 Å². The quantitative estimate of drug-likeness (QED) is 0.0219. The highest BCUT2D eigenvalue weighted by Crippen LogP contribution is 2.61. The van der Waals surface area contributed by atoms with Crippen molar-refractivity contribution in [1.29, 1.82) is 10.5 Å². The van der Waals surface area contributed by atoms with E-state index in [1.54, 1.807) is 27.7 Å². The summed E-state index contributed by atoms with van der Waals surface area (Å²) in [5, 5.41) is 57.7. The third-order valence-electron chi connectivity index (χ3n) is 20.7. The van der Waals surface area contributed by atoms with Crippen LogP contribution in [0, 0.1) is 50.4 Å². The number of piperazine rings is 2. The van der Waals surface area contributed by atoms with Gasteiger partial charge in [-0.2, -0.15) is 10.5 Å². The molecule has 2 unspecified atom stereocenters. The van der Waals surface area contributed by atoms with Crippen molar-refractivity contribution in [2.45, 2.75) is 140 Å². The number of nitriles is 2. The molecule has 8 aliphatic heterocycles. The second-order valence-electron chi connectivity index (χ2n) is 26.4. The molecule has 532 valence electrons. The van der Waals surface area contributed by atoms with Gasteiger partial charge >= 0.3 is 12.3 Å². The smallest absolute Gasteiger partial charge is 0.504 e. The van der Waals surface area contributed by atoms with Crippen molar-refractivity contribution in [3.63, 3.8) is 0 Å². The fraction of sp³-hybridized carbons (Fsp3) is 0.438. The van der Waals surface area contributed by atoms with E-state index in [-0.39, 0.29) is 104 Å². The number of ether oxygens (including phenoxy) is 10. The molecule has 2 amide bonds. The van der Waals surface area contributed by atoms with Crippen molar-refractivity contribution in [3.8, 4) is 69.6 Å². The molecular formula is C73H83N11O16S. The van der Waals surface area contributed by atoms with E-state index in [4.69, 9.17) is 65.3 Å². The van der Waals surface area contributed by atoms with Crippen LogP contribution >= 0.6 is 12.2 Å². The van der Waals surface area contributed by atoms with Crippen LogP contribution in [0.5, 0.6) is 57.5 Å². The number of anilines is 1. The maximum atomic E-state index is 13.8. The van der Waals surface area contributed by atoms with Crippen LogP contribution in [0.4, 0.5) is 15.3 Å². The minimum absolute atomic E-state index is 0.0393. The zero-order valence-electron chi connectivity index (χ0n) is 57.9. The van der Waals surface area contributed by atoms with Crippen molar-refractivity contribution < 1.29 is 76.8 Å². The van der Waals surface area contributed by atoms with Crippen LogP contribution < -0.4 is 64.9 Å². The molecule has 0 radical (unpaired) electrons. The average Bonchev–Trinajstić information content (AvgIpc) is 1.43. The number of methoxy groups -OCH3 is 2. The highest BCUT2D eigenvalue weighted by atomic mass is 32.1. The van der Waals surface area contributed by atoms with Crippen LogP contribution in [0.25, 0.3) is 0 Å². The maximum absolute atomic E-state index is 13.8. The van der Waals surface area contributed by atoms with Crippen molar-refractivity contribution >= 4 is 47.1 Å². The van der Waals surface area contributed by atoms with Crippen molar-refractivity contribution in [2.75, 3.05) is 73.5 Å². The zero-order chi connectivity index (χ0) is 72.2. The Balaban J connectivity index is 0.000000194. The third-order valence-corrected chi connectivity index (χ3v) is 20.9. The summed E-state index contributed by atoms with van der Waals surface area (Å²) in [6.07, 6.45) is 2.66. The van der Waals surface area contributed by atoms with Gasteiger partial charge in [0.2, 0.25) is 25.4 Å². The summed E-state index contributed by atoms with van der Waals surface area (Å²) < 4.78 is 57.6. The first-order chi connectivity index (χ1) is 48.5. The van der Waals surface area contributed by atoms with E-state index in [0.29, 0.717) is 92.7 Å². The molecular weight excluding hydrogens is 1320 g/mol. The van der Waals surface area contributed by atoms with E-state index in [1.807, 2.05) is 70.4 Å². The Morgan fingerprint density at radius 2 is 1.08 bits per heavy atom. The summed E-state index contributed by atoms with van der Waals surface area (Å²) in [7, 11) is 6.98. The molecule has 28 heteroatoms. The number of aromatic hydroxyl groups is 2. The summed E-state index contributed by atoms with van der Waals surface area (Å²) in [5.74, 6) is 2.44. The molecule has 0 spiro atoms. The molecule has 101 heavy (non-hydrogen) atoms. The van der Waals surface area contributed by atoms with Gasteiger partial charge in [-0.1, -0.05) is 55.6 Å². The van der Waals surface area contributed by atoms with Gasteiger partial charge in [-0.25, -0.2) is 9.59 Å². The number of nitrogens with two attached hydrogens (primary N) is 1. The Morgan fingerprint density at radius 3 is 1.49 bits per heavy atom. The normalized spacial score (nSPS) is 23.5. The lowest BCUT2D eigenvalue weighted by molar-refractivity contribution is -0.124. The van der Waals surface area contributed by atoms with E-state index >= 15 is 0 Å². The molecule has 8 N–H and O–H groups in total. The number of thiocarbonyl (C=S) groups is 1. The van der Waals surface area contributed by atoms with Gasteiger partial charge in [0.15, 0.2) is 51.1 Å². The molecule has 27 nitrogen and oxygen atoms in total. The van der Waals surface area contributed by atoms with Gasteiger partial charge in [0.25, 0.3) is 0 Å². The summed E-state index contributed by atoms with van der Waals surface area (Å²) in [4.78, 5) is 61.1. The molecule has 2 saturated heterocycles. The number of rotatable bonds is 16. The minimum Gasteiger partial charge on any atom is -0.504 e. The van der Waals surface area contributed by atoms with Gasteiger partial charge in [-0.15, -0.1) is 0 Å². The number of carbonyl (C=O) groups is 4. The maximum Gasteiger partial charge on any atom is 0.514 e.